The lowest BCUT2D eigenvalue weighted by molar-refractivity contribution is -0.0671. The Morgan fingerprint density at radius 1 is 1.11 bits per heavy atom. The Kier molecular flexibility index (Phi) is 7.35. The van der Waals surface area contributed by atoms with Gasteiger partial charge in [-0.2, -0.15) is 5.10 Å². The number of urea groups is 1. The Morgan fingerprint density at radius 2 is 1.86 bits per heavy atom. The molecule has 0 radical (unpaired) electrons. The Hall–Kier alpha value is -3.17. The number of hydrogen-bond donors (Lipinski definition) is 1. The zero-order chi connectivity index (χ0) is 26.0. The molecule has 5 heterocycles. The first-order valence-corrected chi connectivity index (χ1v) is 13.5. The van der Waals surface area contributed by atoms with Crippen LogP contribution in [-0.4, -0.2) is 89.4 Å². The number of amides is 2. The van der Waals surface area contributed by atoms with Crippen LogP contribution >= 0.6 is 0 Å². The summed E-state index contributed by atoms with van der Waals surface area (Å²) in [5.41, 5.74) is 5.01. The fraction of sp³-hybridized carbons (Fsp3) is 0.536. The molecule has 9 heteroatoms. The van der Waals surface area contributed by atoms with E-state index in [0.717, 1.165) is 67.0 Å². The lowest BCUT2D eigenvalue weighted by Gasteiger charge is -2.42. The summed E-state index contributed by atoms with van der Waals surface area (Å²) in [6.45, 7) is 12.1. The SMILES string of the molecule is CCNC(=O)N1CCN(c2ccnn3cc(-c4ccc(C5(OC)CCN(C(C)C)CC5)cn4)cc23)CC1. The quantitative estimate of drug-likeness (QED) is 0.552. The van der Waals surface area contributed by atoms with Gasteiger partial charge in [0.2, 0.25) is 0 Å². The van der Waals surface area contributed by atoms with E-state index >= 15 is 0 Å². The smallest absolute Gasteiger partial charge is 0.317 e. The Morgan fingerprint density at radius 3 is 2.49 bits per heavy atom. The lowest BCUT2D eigenvalue weighted by atomic mass is 9.84. The molecule has 1 N–H and O–H groups in total. The van der Waals surface area contributed by atoms with Crippen LogP contribution in [-0.2, 0) is 10.3 Å². The van der Waals surface area contributed by atoms with E-state index in [1.807, 2.05) is 42.0 Å². The maximum absolute atomic E-state index is 12.2. The normalized spacial score (nSPS) is 18.5. The van der Waals surface area contributed by atoms with Gasteiger partial charge in [-0.15, -0.1) is 0 Å². The summed E-state index contributed by atoms with van der Waals surface area (Å²) in [7, 11) is 1.82. The van der Waals surface area contributed by atoms with Gasteiger partial charge in [-0.1, -0.05) is 6.07 Å². The van der Waals surface area contributed by atoms with Crippen molar-refractivity contribution < 1.29 is 9.53 Å². The maximum atomic E-state index is 12.2. The van der Waals surface area contributed by atoms with Crippen molar-refractivity contribution in [2.45, 2.75) is 45.3 Å². The van der Waals surface area contributed by atoms with Crippen LogP contribution in [0.4, 0.5) is 10.5 Å². The molecule has 37 heavy (non-hydrogen) atoms. The number of pyridine rings is 1. The molecule has 0 bridgehead atoms. The van der Waals surface area contributed by atoms with Crippen molar-refractivity contribution >= 4 is 17.2 Å². The molecule has 2 aliphatic heterocycles. The first-order chi connectivity index (χ1) is 17.9. The van der Waals surface area contributed by atoms with Gasteiger partial charge >= 0.3 is 6.03 Å². The first-order valence-electron chi connectivity index (χ1n) is 13.5. The highest BCUT2D eigenvalue weighted by atomic mass is 16.5. The van der Waals surface area contributed by atoms with Gasteiger partial charge in [0, 0.05) is 88.7 Å². The summed E-state index contributed by atoms with van der Waals surface area (Å²) in [5.74, 6) is 0. The number of methoxy groups -OCH3 is 1. The van der Waals surface area contributed by atoms with Gasteiger partial charge in [0.1, 0.15) is 0 Å². The summed E-state index contributed by atoms with van der Waals surface area (Å²) in [6.07, 6.45) is 7.81. The molecule has 0 atom stereocenters. The largest absolute Gasteiger partial charge is 0.373 e. The summed E-state index contributed by atoms with van der Waals surface area (Å²) in [6, 6.07) is 9.07. The number of carbonyl (C=O) groups excluding carboxylic acids is 1. The first kappa shape index (κ1) is 25.5. The van der Waals surface area contributed by atoms with E-state index in [1.54, 1.807) is 0 Å². The van der Waals surface area contributed by atoms with Gasteiger partial charge in [0.25, 0.3) is 0 Å². The van der Waals surface area contributed by atoms with Crippen molar-refractivity contribution in [2.75, 3.05) is 57.8 Å². The average Bonchev–Trinajstić information content (AvgIpc) is 3.38. The highest BCUT2D eigenvalue weighted by Crippen LogP contribution is 2.37. The molecule has 0 unspecified atom stereocenters. The number of piperidine rings is 1. The van der Waals surface area contributed by atoms with E-state index < -0.39 is 0 Å². The van der Waals surface area contributed by atoms with Crippen molar-refractivity contribution in [1.82, 2.24) is 29.7 Å². The van der Waals surface area contributed by atoms with E-state index in [1.165, 1.54) is 0 Å². The second-order valence-electron chi connectivity index (χ2n) is 10.3. The van der Waals surface area contributed by atoms with Crippen molar-refractivity contribution in [1.29, 1.82) is 0 Å². The Balaban J connectivity index is 1.33. The molecular formula is C28H39N7O2. The third-order valence-corrected chi connectivity index (χ3v) is 8.03. The number of nitrogens with one attached hydrogen (secondary N) is 1. The third-order valence-electron chi connectivity index (χ3n) is 8.03. The topological polar surface area (TPSA) is 78.2 Å². The average molecular weight is 506 g/mol. The number of likely N-dealkylation sites (tertiary alicyclic amines) is 1. The van der Waals surface area contributed by atoms with E-state index in [9.17, 15) is 4.79 Å². The van der Waals surface area contributed by atoms with Crippen molar-refractivity contribution in [3.05, 3.63) is 48.4 Å². The maximum Gasteiger partial charge on any atom is 0.317 e. The van der Waals surface area contributed by atoms with Crippen molar-refractivity contribution in [3.8, 4) is 11.3 Å². The monoisotopic (exact) mass is 505 g/mol. The minimum Gasteiger partial charge on any atom is -0.373 e. The summed E-state index contributed by atoms with van der Waals surface area (Å²) in [5, 5.41) is 7.45. The number of hydrogen-bond acceptors (Lipinski definition) is 6. The van der Waals surface area contributed by atoms with Gasteiger partial charge in [-0.3, -0.25) is 4.98 Å². The van der Waals surface area contributed by atoms with E-state index in [-0.39, 0.29) is 11.6 Å². The minimum atomic E-state index is -0.271. The molecule has 0 spiro atoms. The van der Waals surface area contributed by atoms with E-state index in [0.29, 0.717) is 25.7 Å². The molecule has 0 saturated carbocycles. The number of anilines is 1. The van der Waals surface area contributed by atoms with Gasteiger partial charge in [0.15, 0.2) is 0 Å². The molecule has 0 aromatic carbocycles. The standard InChI is InChI=1S/C28H39N7O2/c1-5-29-27(36)34-16-14-33(15-17-34)25-8-11-31-35-20-22(18-26(25)35)24-7-6-23(19-30-24)28(37-4)9-12-32(13-10-28)21(2)3/h6-8,11,18-21H,5,9-10,12-17H2,1-4H3,(H,29,36). The number of aromatic nitrogens is 3. The number of ether oxygens (including phenoxy) is 1. The second kappa shape index (κ2) is 10.7. The Labute approximate surface area is 219 Å². The molecule has 2 fully saturated rings. The van der Waals surface area contributed by atoms with Crippen LogP contribution in [0.5, 0.6) is 0 Å². The fourth-order valence-electron chi connectivity index (χ4n) is 5.67. The zero-order valence-electron chi connectivity index (χ0n) is 22.5. The van der Waals surface area contributed by atoms with Gasteiger partial charge in [0.05, 0.1) is 22.5 Å². The summed E-state index contributed by atoms with van der Waals surface area (Å²) >= 11 is 0. The number of piperazine rings is 1. The summed E-state index contributed by atoms with van der Waals surface area (Å²) in [4.78, 5) is 23.8. The molecule has 3 aromatic rings. The molecule has 5 rings (SSSR count). The van der Waals surface area contributed by atoms with Crippen LogP contribution in [0.3, 0.4) is 0 Å². The number of rotatable bonds is 6. The molecule has 2 amide bonds. The minimum absolute atomic E-state index is 0.0160. The second-order valence-corrected chi connectivity index (χ2v) is 10.3. The van der Waals surface area contributed by atoms with Crippen LogP contribution in [0.25, 0.3) is 16.8 Å². The van der Waals surface area contributed by atoms with E-state index in [2.05, 4.69) is 58.3 Å². The van der Waals surface area contributed by atoms with Crippen LogP contribution < -0.4 is 10.2 Å². The van der Waals surface area contributed by atoms with Crippen molar-refractivity contribution in [2.24, 2.45) is 0 Å². The summed E-state index contributed by atoms with van der Waals surface area (Å²) < 4.78 is 8.02. The predicted octanol–water partition coefficient (Wildman–Crippen LogP) is 3.59. The molecule has 9 nitrogen and oxygen atoms in total. The molecule has 2 aliphatic rings. The number of fused-ring (bicyclic) bond motifs is 1. The number of nitrogens with zero attached hydrogens (tertiary/aromatic N) is 6. The van der Waals surface area contributed by atoms with Gasteiger partial charge in [-0.05, 0) is 51.8 Å². The highest BCUT2D eigenvalue weighted by molar-refractivity contribution is 5.79. The van der Waals surface area contributed by atoms with Gasteiger partial charge < -0.3 is 24.8 Å². The van der Waals surface area contributed by atoms with Crippen LogP contribution in [0.1, 0.15) is 39.2 Å². The van der Waals surface area contributed by atoms with E-state index in [4.69, 9.17) is 9.72 Å². The Bertz CT molecular complexity index is 1210. The van der Waals surface area contributed by atoms with Crippen molar-refractivity contribution in [3.63, 3.8) is 0 Å². The number of carbonyl (C=O) groups is 1. The third kappa shape index (κ3) is 5.02. The van der Waals surface area contributed by atoms with Crippen LogP contribution in [0.15, 0.2) is 42.9 Å². The molecule has 198 valence electrons. The molecule has 3 aromatic heterocycles. The van der Waals surface area contributed by atoms with Crippen LogP contribution in [0.2, 0.25) is 0 Å². The van der Waals surface area contributed by atoms with Gasteiger partial charge in [-0.25, -0.2) is 9.31 Å². The molecular weight excluding hydrogens is 466 g/mol. The fourth-order valence-corrected chi connectivity index (χ4v) is 5.67. The molecule has 2 saturated heterocycles. The zero-order valence-corrected chi connectivity index (χ0v) is 22.5. The lowest BCUT2D eigenvalue weighted by Crippen LogP contribution is -2.51. The molecule has 0 aliphatic carbocycles. The highest BCUT2D eigenvalue weighted by Gasteiger charge is 2.37. The van der Waals surface area contributed by atoms with Crippen LogP contribution in [0, 0.1) is 0 Å². The predicted molar refractivity (Wildman–Crippen MR) is 146 cm³/mol.